The molecule has 3 aromatic carbocycles. The van der Waals surface area contributed by atoms with Gasteiger partial charge < -0.3 is 29.4 Å². The SMILES string of the molecule is CC(=O)N[C@@H]1[C@@H](OC(C)=O)[C@H](OC(C)=O)[C@@H](COC(c2ccccc2)(c2ccccc2)c2ccccc2)O[C@H]1O. The quantitative estimate of drug-likeness (QED) is 0.310. The van der Waals surface area contributed by atoms with E-state index in [2.05, 4.69) is 5.32 Å². The lowest BCUT2D eigenvalue weighted by atomic mass is 9.80. The number of carbonyl (C=O) groups is 3. The first kappa shape index (κ1) is 28.9. The summed E-state index contributed by atoms with van der Waals surface area (Å²) in [6.07, 6.45) is -5.07. The Bertz CT molecular complexity index is 1190. The first-order chi connectivity index (χ1) is 19.2. The van der Waals surface area contributed by atoms with Crippen LogP contribution in [0.1, 0.15) is 37.5 Å². The molecule has 9 heteroatoms. The third-order valence-corrected chi connectivity index (χ3v) is 6.64. The molecule has 0 unspecified atom stereocenters. The van der Waals surface area contributed by atoms with Gasteiger partial charge in [-0.25, -0.2) is 0 Å². The van der Waals surface area contributed by atoms with Crippen LogP contribution in [0, 0.1) is 0 Å². The highest BCUT2D eigenvalue weighted by Gasteiger charge is 2.51. The molecule has 2 N–H and O–H groups in total. The molecular formula is C31H33NO8. The molecule has 1 aliphatic heterocycles. The van der Waals surface area contributed by atoms with Crippen molar-refractivity contribution < 1.29 is 38.4 Å². The van der Waals surface area contributed by atoms with Crippen LogP contribution in [0.3, 0.4) is 0 Å². The van der Waals surface area contributed by atoms with Gasteiger partial charge in [-0.05, 0) is 16.7 Å². The summed E-state index contributed by atoms with van der Waals surface area (Å²) in [4.78, 5) is 36.1. The Balaban J connectivity index is 1.79. The fourth-order valence-electron chi connectivity index (χ4n) is 5.08. The van der Waals surface area contributed by atoms with Gasteiger partial charge in [0.2, 0.25) is 5.91 Å². The minimum absolute atomic E-state index is 0.182. The molecule has 0 radical (unpaired) electrons. The van der Waals surface area contributed by atoms with E-state index in [0.717, 1.165) is 16.7 Å². The summed E-state index contributed by atoms with van der Waals surface area (Å²) in [5, 5.41) is 13.4. The molecule has 1 heterocycles. The smallest absolute Gasteiger partial charge is 0.303 e. The molecule has 0 spiro atoms. The minimum atomic E-state index is -1.58. The number of aliphatic hydroxyl groups is 1. The van der Waals surface area contributed by atoms with Crippen LogP contribution in [0.2, 0.25) is 0 Å². The lowest BCUT2D eigenvalue weighted by molar-refractivity contribution is -0.269. The highest BCUT2D eigenvalue weighted by molar-refractivity contribution is 5.73. The van der Waals surface area contributed by atoms with Crippen molar-refractivity contribution in [2.75, 3.05) is 6.61 Å². The van der Waals surface area contributed by atoms with Gasteiger partial charge in [-0.2, -0.15) is 0 Å². The standard InChI is InChI=1S/C31H33NO8/c1-20(33)32-27-29(39-22(3)35)28(38-21(2)34)26(40-30(27)36)19-37-31(23-13-7-4-8-14-23,24-15-9-5-10-16-24)25-17-11-6-12-18-25/h4-18,26-30,36H,19H2,1-3H3,(H,32,33)/t26-,27-,28-,29-,30-/m1/s1. The van der Waals surface area contributed by atoms with Crippen molar-refractivity contribution in [2.45, 2.75) is 57.0 Å². The van der Waals surface area contributed by atoms with Crippen LogP contribution >= 0.6 is 0 Å². The van der Waals surface area contributed by atoms with Crippen LogP contribution in [0.5, 0.6) is 0 Å². The van der Waals surface area contributed by atoms with E-state index in [0.29, 0.717) is 0 Å². The summed E-state index contributed by atoms with van der Waals surface area (Å²) < 4.78 is 23.7. The minimum Gasteiger partial charge on any atom is -0.456 e. The van der Waals surface area contributed by atoms with Crippen molar-refractivity contribution in [3.63, 3.8) is 0 Å². The zero-order valence-electron chi connectivity index (χ0n) is 22.6. The van der Waals surface area contributed by atoms with Crippen molar-refractivity contribution in [3.05, 3.63) is 108 Å². The Labute approximate surface area is 233 Å². The van der Waals surface area contributed by atoms with E-state index >= 15 is 0 Å². The Kier molecular flexibility index (Phi) is 9.31. The lowest BCUT2D eigenvalue weighted by Gasteiger charge is -2.45. The lowest BCUT2D eigenvalue weighted by Crippen LogP contribution is -2.66. The molecule has 1 fully saturated rings. The van der Waals surface area contributed by atoms with Crippen LogP contribution in [0.25, 0.3) is 0 Å². The van der Waals surface area contributed by atoms with E-state index in [1.165, 1.54) is 20.8 Å². The van der Waals surface area contributed by atoms with Crippen molar-refractivity contribution in [1.29, 1.82) is 0 Å². The zero-order chi connectivity index (χ0) is 28.7. The number of hydrogen-bond donors (Lipinski definition) is 2. The maximum Gasteiger partial charge on any atom is 0.303 e. The van der Waals surface area contributed by atoms with Gasteiger partial charge in [0, 0.05) is 20.8 Å². The fraction of sp³-hybridized carbons (Fsp3) is 0.323. The third-order valence-electron chi connectivity index (χ3n) is 6.64. The number of ether oxygens (including phenoxy) is 4. The Hall–Kier alpha value is -4.05. The maximum absolute atomic E-state index is 12.2. The zero-order valence-corrected chi connectivity index (χ0v) is 22.6. The largest absolute Gasteiger partial charge is 0.456 e. The number of aliphatic hydroxyl groups excluding tert-OH is 1. The van der Waals surface area contributed by atoms with Gasteiger partial charge in [-0.3, -0.25) is 14.4 Å². The molecule has 0 aliphatic carbocycles. The molecule has 1 saturated heterocycles. The predicted octanol–water partition coefficient (Wildman–Crippen LogP) is 3.08. The van der Waals surface area contributed by atoms with Gasteiger partial charge >= 0.3 is 11.9 Å². The van der Waals surface area contributed by atoms with E-state index < -0.39 is 54.1 Å². The van der Waals surface area contributed by atoms with E-state index in [4.69, 9.17) is 18.9 Å². The number of carbonyl (C=O) groups excluding carboxylic acids is 3. The highest BCUT2D eigenvalue weighted by Crippen LogP contribution is 2.41. The number of benzene rings is 3. The van der Waals surface area contributed by atoms with Crippen molar-refractivity contribution in [2.24, 2.45) is 0 Å². The van der Waals surface area contributed by atoms with Gasteiger partial charge in [0.25, 0.3) is 0 Å². The van der Waals surface area contributed by atoms with Crippen molar-refractivity contribution in [1.82, 2.24) is 5.32 Å². The molecule has 9 nitrogen and oxygen atoms in total. The van der Waals surface area contributed by atoms with E-state index in [-0.39, 0.29) is 6.61 Å². The Morgan fingerprint density at radius 3 is 1.57 bits per heavy atom. The molecule has 1 amide bonds. The number of hydrogen-bond acceptors (Lipinski definition) is 8. The molecule has 0 bridgehead atoms. The third kappa shape index (κ3) is 6.39. The molecule has 1 aliphatic rings. The molecule has 4 rings (SSSR count). The number of amides is 1. The molecule has 3 aromatic rings. The average Bonchev–Trinajstić information content (AvgIpc) is 2.94. The normalized spacial score (nSPS) is 22.6. The van der Waals surface area contributed by atoms with Gasteiger partial charge in [-0.1, -0.05) is 91.0 Å². The van der Waals surface area contributed by atoms with Gasteiger partial charge in [0.05, 0.1) is 6.61 Å². The summed E-state index contributed by atoms with van der Waals surface area (Å²) in [6, 6.07) is 27.8. The van der Waals surface area contributed by atoms with Gasteiger partial charge in [0.1, 0.15) is 17.7 Å². The Morgan fingerprint density at radius 2 is 1.18 bits per heavy atom. The summed E-state index contributed by atoms with van der Waals surface area (Å²) in [7, 11) is 0. The molecule has 0 saturated carbocycles. The maximum atomic E-state index is 12.2. The second-order valence-corrected chi connectivity index (χ2v) is 9.53. The molecular weight excluding hydrogens is 514 g/mol. The number of rotatable bonds is 9. The van der Waals surface area contributed by atoms with E-state index in [1.807, 2.05) is 91.0 Å². The molecule has 40 heavy (non-hydrogen) atoms. The fourth-order valence-corrected chi connectivity index (χ4v) is 5.08. The average molecular weight is 548 g/mol. The monoisotopic (exact) mass is 547 g/mol. The van der Waals surface area contributed by atoms with Crippen molar-refractivity contribution >= 4 is 17.8 Å². The summed E-state index contributed by atoms with van der Waals surface area (Å²) >= 11 is 0. The summed E-state index contributed by atoms with van der Waals surface area (Å²) in [6.45, 7) is 3.47. The van der Waals surface area contributed by atoms with Gasteiger partial charge in [0.15, 0.2) is 18.5 Å². The Morgan fingerprint density at radius 1 is 0.750 bits per heavy atom. The highest BCUT2D eigenvalue weighted by atomic mass is 16.7. The first-order valence-electron chi connectivity index (χ1n) is 13.0. The van der Waals surface area contributed by atoms with E-state index in [1.54, 1.807) is 0 Å². The van der Waals surface area contributed by atoms with Crippen LogP contribution in [0.4, 0.5) is 0 Å². The first-order valence-corrected chi connectivity index (χ1v) is 13.0. The number of esters is 2. The predicted molar refractivity (Wildman–Crippen MR) is 145 cm³/mol. The van der Waals surface area contributed by atoms with E-state index in [9.17, 15) is 19.5 Å². The second kappa shape index (κ2) is 12.9. The summed E-state index contributed by atoms with van der Waals surface area (Å²) in [5.74, 6) is -1.83. The van der Waals surface area contributed by atoms with Crippen LogP contribution in [-0.4, -0.2) is 60.2 Å². The second-order valence-electron chi connectivity index (χ2n) is 9.53. The molecule has 210 valence electrons. The van der Waals surface area contributed by atoms with Gasteiger partial charge in [-0.15, -0.1) is 0 Å². The van der Waals surface area contributed by atoms with Crippen LogP contribution in [0.15, 0.2) is 91.0 Å². The van der Waals surface area contributed by atoms with Crippen LogP contribution in [-0.2, 0) is 38.9 Å². The molecule has 5 atom stereocenters. The topological polar surface area (TPSA) is 120 Å². The van der Waals surface area contributed by atoms with Crippen LogP contribution < -0.4 is 5.32 Å². The summed E-state index contributed by atoms with van der Waals surface area (Å²) in [5.41, 5.74) is 1.38. The number of nitrogens with one attached hydrogen (secondary N) is 1. The molecule has 0 aromatic heterocycles. The van der Waals surface area contributed by atoms with Crippen molar-refractivity contribution in [3.8, 4) is 0 Å².